The van der Waals surface area contributed by atoms with Crippen LogP contribution < -0.4 is 0 Å². The van der Waals surface area contributed by atoms with Crippen molar-refractivity contribution in [1.82, 2.24) is 0 Å². The molecule has 5 heteroatoms. The van der Waals surface area contributed by atoms with Crippen molar-refractivity contribution in [1.29, 1.82) is 0 Å². The molecule has 0 heterocycles. The predicted molar refractivity (Wildman–Crippen MR) is 107 cm³/mol. The van der Waals surface area contributed by atoms with Crippen LogP contribution in [-0.4, -0.2) is 22.6 Å². The van der Waals surface area contributed by atoms with E-state index in [0.29, 0.717) is 22.5 Å². The first kappa shape index (κ1) is 20.6. The molecule has 27 heavy (non-hydrogen) atoms. The number of nitrogens with zero attached hydrogens (tertiary/aromatic N) is 2. The summed E-state index contributed by atoms with van der Waals surface area (Å²) < 4.78 is 0. The molecule has 0 aliphatic heterocycles. The maximum absolute atomic E-state index is 9.94. The zero-order valence-electron chi connectivity index (χ0n) is 15.0. The number of hydrogen-bond donors (Lipinski definition) is 2. The summed E-state index contributed by atoms with van der Waals surface area (Å²) in [5.41, 5.74) is 4.75. The molecule has 0 aliphatic carbocycles. The largest absolute Gasteiger partial charge is 0.507 e. The van der Waals surface area contributed by atoms with Crippen molar-refractivity contribution in [3.8, 4) is 11.5 Å². The van der Waals surface area contributed by atoms with Crippen LogP contribution >= 0.6 is 0 Å². The van der Waals surface area contributed by atoms with Crippen molar-refractivity contribution in [2.45, 2.75) is 13.8 Å². The van der Waals surface area contributed by atoms with Crippen LogP contribution in [0.1, 0.15) is 22.3 Å². The van der Waals surface area contributed by atoms with Crippen molar-refractivity contribution in [3.05, 3.63) is 82.9 Å². The Morgan fingerprint density at radius 3 is 1.48 bits per heavy atom. The Morgan fingerprint density at radius 2 is 1.07 bits per heavy atom. The molecular weight excluding hydrogens is 519 g/mol. The average Bonchev–Trinajstić information content (AvgIpc) is 2.64. The first-order chi connectivity index (χ1) is 12.5. The minimum Gasteiger partial charge on any atom is -0.507 e. The third-order valence-electron chi connectivity index (χ3n) is 3.93. The van der Waals surface area contributed by atoms with Crippen molar-refractivity contribution >= 4 is 23.8 Å². The number of benzene rings is 3. The van der Waals surface area contributed by atoms with Gasteiger partial charge in [0.1, 0.15) is 11.5 Å². The Kier molecular flexibility index (Phi) is 7.09. The second-order valence-electron chi connectivity index (χ2n) is 6.13. The van der Waals surface area contributed by atoms with Gasteiger partial charge in [0, 0.05) is 44.6 Å². The molecule has 0 bridgehead atoms. The average molecular weight is 539 g/mol. The molecule has 0 saturated heterocycles. The van der Waals surface area contributed by atoms with E-state index in [1.165, 1.54) is 0 Å². The van der Waals surface area contributed by atoms with E-state index in [2.05, 4.69) is 9.98 Å². The van der Waals surface area contributed by atoms with Gasteiger partial charge >= 0.3 is 0 Å². The fraction of sp³-hybridized carbons (Fsp3) is 0.0909. The molecule has 4 nitrogen and oxygen atoms in total. The molecule has 3 rings (SSSR count). The van der Waals surface area contributed by atoms with Crippen LogP contribution in [-0.2, 0) is 21.1 Å². The number of hydrogen-bond acceptors (Lipinski definition) is 4. The van der Waals surface area contributed by atoms with Gasteiger partial charge in [0.05, 0.1) is 11.4 Å². The van der Waals surface area contributed by atoms with Gasteiger partial charge in [0.25, 0.3) is 0 Å². The minimum absolute atomic E-state index is 0. The predicted octanol–water partition coefficient (Wildman–Crippen LogP) is 5.21. The van der Waals surface area contributed by atoms with E-state index in [-0.39, 0.29) is 32.6 Å². The zero-order valence-corrected chi connectivity index (χ0v) is 17.3. The topological polar surface area (TPSA) is 65.2 Å². The fourth-order valence-electron chi connectivity index (χ4n) is 2.52. The van der Waals surface area contributed by atoms with E-state index in [0.717, 1.165) is 11.1 Å². The van der Waals surface area contributed by atoms with Crippen LogP contribution in [0.25, 0.3) is 0 Å². The summed E-state index contributed by atoms with van der Waals surface area (Å²) in [5.74, 6) is 0.370. The standard InChI is InChI=1S/C22H20N2O2.Pt/c1-15-7-9-21(25)17(11-15)13-23-19-5-3-4-6-20(19)24-14-18-12-16(2)8-10-22(18)26;/h3-14,25-26H,1-2H3;. The minimum atomic E-state index is 0. The smallest absolute Gasteiger partial charge is 0.124 e. The van der Waals surface area contributed by atoms with Gasteiger partial charge in [-0.1, -0.05) is 35.4 Å². The van der Waals surface area contributed by atoms with Gasteiger partial charge in [-0.3, -0.25) is 9.98 Å². The monoisotopic (exact) mass is 539 g/mol. The Morgan fingerprint density at radius 1 is 0.667 bits per heavy atom. The van der Waals surface area contributed by atoms with Gasteiger partial charge in [-0.25, -0.2) is 0 Å². The van der Waals surface area contributed by atoms with E-state index in [4.69, 9.17) is 0 Å². The van der Waals surface area contributed by atoms with Gasteiger partial charge in [-0.05, 0) is 50.2 Å². The maximum atomic E-state index is 9.94. The van der Waals surface area contributed by atoms with Crippen LogP contribution in [0.2, 0.25) is 0 Å². The van der Waals surface area contributed by atoms with Crippen LogP contribution in [0.15, 0.2) is 70.6 Å². The second kappa shape index (κ2) is 9.29. The Hall–Kier alpha value is -2.71. The molecule has 0 unspecified atom stereocenters. The van der Waals surface area contributed by atoms with Gasteiger partial charge < -0.3 is 10.2 Å². The molecule has 0 atom stereocenters. The summed E-state index contributed by atoms with van der Waals surface area (Å²) in [6.07, 6.45) is 3.25. The van der Waals surface area contributed by atoms with Crippen LogP contribution in [0.4, 0.5) is 11.4 Å². The van der Waals surface area contributed by atoms with Crippen molar-refractivity contribution in [3.63, 3.8) is 0 Å². The molecular formula is C22H20N2O2Pt. The van der Waals surface area contributed by atoms with Gasteiger partial charge in [-0.2, -0.15) is 0 Å². The van der Waals surface area contributed by atoms with E-state index >= 15 is 0 Å². The summed E-state index contributed by atoms with van der Waals surface area (Å²) >= 11 is 0. The number of phenolic OH excluding ortho intramolecular Hbond substituents is 2. The summed E-state index contributed by atoms with van der Waals surface area (Å²) in [5, 5.41) is 19.9. The quantitative estimate of drug-likeness (QED) is 0.447. The molecule has 140 valence electrons. The van der Waals surface area contributed by atoms with Crippen LogP contribution in [0.3, 0.4) is 0 Å². The molecule has 0 saturated carbocycles. The number of para-hydroxylation sites is 2. The number of aliphatic imine (C=N–C) groups is 2. The molecule has 0 aliphatic rings. The summed E-state index contributed by atoms with van der Waals surface area (Å²) in [4.78, 5) is 8.94. The Bertz CT molecular complexity index is 917. The Labute approximate surface area is 173 Å². The molecule has 0 spiro atoms. The third-order valence-corrected chi connectivity index (χ3v) is 3.93. The zero-order chi connectivity index (χ0) is 18.5. The summed E-state index contributed by atoms with van der Waals surface area (Å²) in [7, 11) is 0. The third kappa shape index (κ3) is 5.38. The number of phenols is 2. The first-order valence-electron chi connectivity index (χ1n) is 8.29. The van der Waals surface area contributed by atoms with Gasteiger partial charge in [0.2, 0.25) is 0 Å². The maximum Gasteiger partial charge on any atom is 0.124 e. The molecule has 0 aromatic heterocycles. The summed E-state index contributed by atoms with van der Waals surface area (Å²) in [6, 6.07) is 18.2. The number of rotatable bonds is 4. The van der Waals surface area contributed by atoms with E-state index < -0.39 is 0 Å². The molecule has 3 aromatic carbocycles. The van der Waals surface area contributed by atoms with Crippen LogP contribution in [0.5, 0.6) is 11.5 Å². The first-order valence-corrected chi connectivity index (χ1v) is 8.29. The van der Waals surface area contributed by atoms with E-state index in [1.54, 1.807) is 24.6 Å². The second-order valence-corrected chi connectivity index (χ2v) is 6.13. The van der Waals surface area contributed by atoms with Gasteiger partial charge in [0.15, 0.2) is 0 Å². The Balaban J connectivity index is 0.00000261. The summed E-state index contributed by atoms with van der Waals surface area (Å²) in [6.45, 7) is 3.92. The molecule has 0 amide bonds. The molecule has 3 aromatic rings. The number of aromatic hydroxyl groups is 2. The number of aryl methyl sites for hydroxylation is 2. The van der Waals surface area contributed by atoms with E-state index in [1.807, 2.05) is 62.4 Å². The van der Waals surface area contributed by atoms with Crippen LogP contribution in [0, 0.1) is 13.8 Å². The fourth-order valence-corrected chi connectivity index (χ4v) is 2.52. The van der Waals surface area contributed by atoms with E-state index in [9.17, 15) is 10.2 Å². The van der Waals surface area contributed by atoms with Crippen molar-refractivity contribution in [2.24, 2.45) is 9.98 Å². The molecule has 0 radical (unpaired) electrons. The van der Waals surface area contributed by atoms with Crippen molar-refractivity contribution in [2.75, 3.05) is 0 Å². The SMILES string of the molecule is Cc1ccc(O)c(C=Nc2ccccc2N=Cc2cc(C)ccc2O)c1.[Pt]. The normalized spacial score (nSPS) is 11.0. The van der Waals surface area contributed by atoms with Gasteiger partial charge in [-0.15, -0.1) is 0 Å². The molecule has 2 N–H and O–H groups in total. The van der Waals surface area contributed by atoms with Crippen molar-refractivity contribution < 1.29 is 31.3 Å². The molecule has 0 fully saturated rings.